The van der Waals surface area contributed by atoms with Gasteiger partial charge in [-0.15, -0.1) is 0 Å². The van der Waals surface area contributed by atoms with E-state index < -0.39 is 6.04 Å². The molecular formula is C18H28N2O2. The predicted molar refractivity (Wildman–Crippen MR) is 90.5 cm³/mol. The van der Waals surface area contributed by atoms with E-state index in [1.165, 1.54) is 0 Å². The summed E-state index contributed by atoms with van der Waals surface area (Å²) in [5, 5.41) is 16.1. The number of unbranched alkanes of at least 4 members (excludes halogenated alkanes) is 1. The van der Waals surface area contributed by atoms with Gasteiger partial charge in [0.15, 0.2) is 6.04 Å². The van der Waals surface area contributed by atoms with Crippen LogP contribution in [0.1, 0.15) is 50.2 Å². The van der Waals surface area contributed by atoms with Gasteiger partial charge in [0.2, 0.25) is 0 Å². The SMILES string of the molecule is CCCC[N+]1([O-])CCCC[C@@H]1C(=O)Nc1c(C)cccc1C. The number of quaternary nitrogens is 1. The highest BCUT2D eigenvalue weighted by Gasteiger charge is 2.37. The Morgan fingerprint density at radius 1 is 1.32 bits per heavy atom. The first-order valence-corrected chi connectivity index (χ1v) is 8.43. The van der Waals surface area contributed by atoms with E-state index in [0.29, 0.717) is 19.5 Å². The summed E-state index contributed by atoms with van der Waals surface area (Å²) in [6.07, 6.45) is 4.48. The fourth-order valence-electron chi connectivity index (χ4n) is 3.36. The number of rotatable bonds is 5. The summed E-state index contributed by atoms with van der Waals surface area (Å²) in [5.41, 5.74) is 2.95. The molecule has 4 heteroatoms. The number of anilines is 1. The topological polar surface area (TPSA) is 52.2 Å². The molecule has 1 fully saturated rings. The number of carbonyl (C=O) groups is 1. The highest BCUT2D eigenvalue weighted by atomic mass is 16.5. The number of hydroxylamine groups is 3. The highest BCUT2D eigenvalue weighted by molar-refractivity contribution is 5.95. The molecular weight excluding hydrogens is 276 g/mol. The van der Waals surface area contributed by atoms with Crippen molar-refractivity contribution in [3.8, 4) is 0 Å². The molecule has 1 N–H and O–H groups in total. The van der Waals surface area contributed by atoms with Crippen molar-refractivity contribution in [1.82, 2.24) is 0 Å². The first-order chi connectivity index (χ1) is 10.5. The molecule has 0 radical (unpaired) electrons. The van der Waals surface area contributed by atoms with Crippen LogP contribution < -0.4 is 5.32 Å². The predicted octanol–water partition coefficient (Wildman–Crippen LogP) is 3.91. The number of piperidine rings is 1. The summed E-state index contributed by atoms with van der Waals surface area (Å²) in [6, 6.07) is 5.50. The Hall–Kier alpha value is -1.39. The van der Waals surface area contributed by atoms with E-state index in [2.05, 4.69) is 12.2 Å². The third-order valence-electron chi connectivity index (χ3n) is 4.75. The zero-order valence-corrected chi connectivity index (χ0v) is 14.0. The Morgan fingerprint density at radius 3 is 2.64 bits per heavy atom. The van der Waals surface area contributed by atoms with Crippen molar-refractivity contribution < 1.29 is 9.44 Å². The lowest BCUT2D eigenvalue weighted by atomic mass is 9.99. The van der Waals surface area contributed by atoms with E-state index in [4.69, 9.17) is 0 Å². The van der Waals surface area contributed by atoms with Gasteiger partial charge in [-0.2, -0.15) is 0 Å². The first kappa shape index (κ1) is 17.0. The zero-order chi connectivity index (χ0) is 16.2. The van der Waals surface area contributed by atoms with Crippen molar-refractivity contribution in [2.45, 2.75) is 58.9 Å². The molecule has 0 spiro atoms. The smallest absolute Gasteiger partial charge is 0.283 e. The first-order valence-electron chi connectivity index (χ1n) is 8.43. The van der Waals surface area contributed by atoms with Gasteiger partial charge in [-0.25, -0.2) is 0 Å². The molecule has 1 aliphatic rings. The molecule has 0 bridgehead atoms. The van der Waals surface area contributed by atoms with Gasteiger partial charge in [0, 0.05) is 12.1 Å². The monoisotopic (exact) mass is 304 g/mol. The number of likely N-dealkylation sites (tertiary alicyclic amines) is 1. The van der Waals surface area contributed by atoms with Gasteiger partial charge in [-0.1, -0.05) is 31.5 Å². The summed E-state index contributed by atoms with van der Waals surface area (Å²) < 4.78 is -0.343. The molecule has 2 atom stereocenters. The molecule has 2 rings (SSSR count). The Labute approximate surface area is 133 Å². The fourth-order valence-corrected chi connectivity index (χ4v) is 3.36. The minimum atomic E-state index is -0.459. The number of carbonyl (C=O) groups excluding carboxylic acids is 1. The summed E-state index contributed by atoms with van der Waals surface area (Å²) in [5.74, 6) is -0.108. The van der Waals surface area contributed by atoms with Crippen molar-refractivity contribution in [3.05, 3.63) is 34.5 Å². The Kier molecular flexibility index (Phi) is 5.59. The molecule has 1 aliphatic heterocycles. The minimum Gasteiger partial charge on any atom is -0.632 e. The van der Waals surface area contributed by atoms with Crippen LogP contribution in [-0.4, -0.2) is 29.7 Å². The van der Waals surface area contributed by atoms with Crippen LogP contribution in [0.2, 0.25) is 0 Å². The summed E-state index contributed by atoms with van der Waals surface area (Å²) in [4.78, 5) is 12.7. The molecule has 1 saturated heterocycles. The number of hydrogen-bond acceptors (Lipinski definition) is 2. The van der Waals surface area contributed by atoms with E-state index in [1.807, 2.05) is 32.0 Å². The van der Waals surface area contributed by atoms with Crippen LogP contribution in [0.4, 0.5) is 5.69 Å². The molecule has 1 heterocycles. The molecule has 0 aromatic heterocycles. The van der Waals surface area contributed by atoms with Crippen LogP contribution >= 0.6 is 0 Å². The van der Waals surface area contributed by atoms with Gasteiger partial charge >= 0.3 is 0 Å². The van der Waals surface area contributed by atoms with Crippen LogP contribution in [0.15, 0.2) is 18.2 Å². The quantitative estimate of drug-likeness (QED) is 0.662. The van der Waals surface area contributed by atoms with Crippen LogP contribution in [0, 0.1) is 19.1 Å². The van der Waals surface area contributed by atoms with Gasteiger partial charge in [0.1, 0.15) is 0 Å². The molecule has 1 aromatic rings. The average Bonchev–Trinajstić information content (AvgIpc) is 2.49. The maximum atomic E-state index is 13.1. The van der Waals surface area contributed by atoms with Gasteiger partial charge in [-0.05, 0) is 44.2 Å². The zero-order valence-electron chi connectivity index (χ0n) is 14.0. The highest BCUT2D eigenvalue weighted by Crippen LogP contribution is 2.28. The number of nitrogens with one attached hydrogen (secondary N) is 1. The van der Waals surface area contributed by atoms with E-state index in [0.717, 1.165) is 42.5 Å². The van der Waals surface area contributed by atoms with Crippen molar-refractivity contribution in [2.24, 2.45) is 0 Å². The number of hydrogen-bond donors (Lipinski definition) is 1. The molecule has 1 unspecified atom stereocenters. The van der Waals surface area contributed by atoms with E-state index in [1.54, 1.807) is 0 Å². The van der Waals surface area contributed by atoms with Crippen LogP contribution in [0.25, 0.3) is 0 Å². The molecule has 4 nitrogen and oxygen atoms in total. The lowest BCUT2D eigenvalue weighted by Gasteiger charge is -2.50. The summed E-state index contributed by atoms with van der Waals surface area (Å²) in [7, 11) is 0. The van der Waals surface area contributed by atoms with Crippen molar-refractivity contribution >= 4 is 11.6 Å². The van der Waals surface area contributed by atoms with Gasteiger partial charge in [0.05, 0.1) is 13.1 Å². The number of amides is 1. The second-order valence-electron chi connectivity index (χ2n) is 6.52. The Balaban J connectivity index is 2.15. The normalized spacial score (nSPS) is 25.0. The third-order valence-corrected chi connectivity index (χ3v) is 4.75. The Morgan fingerprint density at radius 2 is 2.00 bits per heavy atom. The maximum absolute atomic E-state index is 13.1. The lowest BCUT2D eigenvalue weighted by Crippen LogP contribution is -2.58. The third kappa shape index (κ3) is 3.68. The van der Waals surface area contributed by atoms with Crippen LogP contribution in [0.5, 0.6) is 0 Å². The van der Waals surface area contributed by atoms with Gasteiger partial charge < -0.3 is 15.2 Å². The standard InChI is InChI=1S/C18H28N2O2/c1-4-5-12-20(22)13-7-6-11-16(20)18(21)19-17-14(2)9-8-10-15(17)3/h8-10,16H,4-7,11-13H2,1-3H3,(H,19,21)/t16-,20?/m1/s1. The minimum absolute atomic E-state index is 0.108. The van der Waals surface area contributed by atoms with Crippen molar-refractivity contribution in [2.75, 3.05) is 18.4 Å². The molecule has 0 aliphatic carbocycles. The number of nitrogens with zero attached hydrogens (tertiary/aromatic N) is 1. The average molecular weight is 304 g/mol. The number of aryl methyl sites for hydroxylation is 2. The van der Waals surface area contributed by atoms with Crippen LogP contribution in [0.3, 0.4) is 0 Å². The molecule has 0 saturated carbocycles. The van der Waals surface area contributed by atoms with E-state index in [9.17, 15) is 10.0 Å². The summed E-state index contributed by atoms with van der Waals surface area (Å²) in [6.45, 7) is 7.19. The largest absolute Gasteiger partial charge is 0.632 e. The molecule has 122 valence electrons. The van der Waals surface area contributed by atoms with Gasteiger partial charge in [-0.3, -0.25) is 4.79 Å². The van der Waals surface area contributed by atoms with E-state index >= 15 is 0 Å². The lowest BCUT2D eigenvalue weighted by molar-refractivity contribution is -0.901. The summed E-state index contributed by atoms with van der Waals surface area (Å²) >= 11 is 0. The fraction of sp³-hybridized carbons (Fsp3) is 0.611. The van der Waals surface area contributed by atoms with Crippen molar-refractivity contribution in [3.63, 3.8) is 0 Å². The van der Waals surface area contributed by atoms with E-state index in [-0.39, 0.29) is 10.6 Å². The van der Waals surface area contributed by atoms with Crippen molar-refractivity contribution in [1.29, 1.82) is 0 Å². The number of benzene rings is 1. The van der Waals surface area contributed by atoms with Crippen LogP contribution in [-0.2, 0) is 4.79 Å². The number of para-hydroxylation sites is 1. The molecule has 1 amide bonds. The van der Waals surface area contributed by atoms with Gasteiger partial charge in [0.25, 0.3) is 5.91 Å². The second kappa shape index (κ2) is 7.25. The maximum Gasteiger partial charge on any atom is 0.283 e. The molecule has 22 heavy (non-hydrogen) atoms. The molecule has 1 aromatic carbocycles. The second-order valence-corrected chi connectivity index (χ2v) is 6.52. The Bertz CT molecular complexity index is 510.